The van der Waals surface area contributed by atoms with Crippen molar-refractivity contribution in [2.45, 2.75) is 43.9 Å². The van der Waals surface area contributed by atoms with E-state index in [-0.39, 0.29) is 5.41 Å². The van der Waals surface area contributed by atoms with Gasteiger partial charge in [0, 0.05) is 18.3 Å². The lowest BCUT2D eigenvalue weighted by molar-refractivity contribution is -0.122. The molecule has 0 aliphatic heterocycles. The fraction of sp³-hybridized carbons (Fsp3) is 0.500. The van der Waals surface area contributed by atoms with Gasteiger partial charge >= 0.3 is 0 Å². The zero-order valence-corrected chi connectivity index (χ0v) is 9.12. The largest absolute Gasteiger partial charge is 0.300 e. The van der Waals surface area contributed by atoms with E-state index in [0.717, 1.165) is 19.3 Å². The molecule has 15 heavy (non-hydrogen) atoms. The fourth-order valence-electron chi connectivity index (χ4n) is 3.56. The Labute approximate surface area is 90.5 Å². The minimum Gasteiger partial charge on any atom is -0.300 e. The highest BCUT2D eigenvalue weighted by atomic mass is 16.1. The van der Waals surface area contributed by atoms with Crippen LogP contribution in [0.2, 0.25) is 0 Å². The first-order valence-corrected chi connectivity index (χ1v) is 5.86. The summed E-state index contributed by atoms with van der Waals surface area (Å²) in [6, 6.07) is 8.67. The lowest BCUT2D eigenvalue weighted by Gasteiger charge is -2.32. The molecule has 78 valence electrons. The van der Waals surface area contributed by atoms with Crippen LogP contribution in [0.5, 0.6) is 0 Å². The number of Topliss-reactive ketones (excluding diaryl/α,β-unsaturated/α-hetero) is 1. The number of rotatable bonds is 1. The van der Waals surface area contributed by atoms with Crippen LogP contribution in [-0.4, -0.2) is 5.78 Å². The molecule has 2 bridgehead atoms. The van der Waals surface area contributed by atoms with Crippen LogP contribution in [0.4, 0.5) is 0 Å². The molecule has 1 nitrogen and oxygen atoms in total. The van der Waals surface area contributed by atoms with Gasteiger partial charge in [-0.3, -0.25) is 4.79 Å². The van der Waals surface area contributed by atoms with E-state index in [1.165, 1.54) is 17.5 Å². The van der Waals surface area contributed by atoms with Gasteiger partial charge in [0.15, 0.2) is 0 Å². The molecule has 0 unspecified atom stereocenters. The summed E-state index contributed by atoms with van der Waals surface area (Å²) in [4.78, 5) is 11.8. The zero-order valence-electron chi connectivity index (χ0n) is 9.12. The Morgan fingerprint density at radius 1 is 1.40 bits per heavy atom. The average Bonchev–Trinajstić information content (AvgIpc) is 2.50. The Balaban J connectivity index is 2.19. The molecule has 0 radical (unpaired) electrons. The number of ketones is 1. The molecule has 0 N–H and O–H groups in total. The molecule has 1 fully saturated rings. The van der Waals surface area contributed by atoms with Crippen molar-refractivity contribution in [2.24, 2.45) is 0 Å². The van der Waals surface area contributed by atoms with Crippen LogP contribution in [0.15, 0.2) is 24.3 Å². The number of carbonyl (C=O) groups excluding carboxylic acids is 1. The second-order valence-electron chi connectivity index (χ2n) is 5.04. The topological polar surface area (TPSA) is 17.1 Å². The van der Waals surface area contributed by atoms with Crippen molar-refractivity contribution < 1.29 is 4.79 Å². The summed E-state index contributed by atoms with van der Waals surface area (Å²) in [5.41, 5.74) is 3.10. The first-order valence-electron chi connectivity index (χ1n) is 5.86. The maximum absolute atomic E-state index is 11.8. The first kappa shape index (κ1) is 9.14. The quantitative estimate of drug-likeness (QED) is 0.680. The molecule has 2 aliphatic carbocycles. The summed E-state index contributed by atoms with van der Waals surface area (Å²) in [7, 11) is 0. The van der Waals surface area contributed by atoms with Gasteiger partial charge in [0.1, 0.15) is 5.78 Å². The molecule has 1 saturated carbocycles. The van der Waals surface area contributed by atoms with Gasteiger partial charge in [0.2, 0.25) is 0 Å². The van der Waals surface area contributed by atoms with Gasteiger partial charge in [-0.2, -0.15) is 0 Å². The molecule has 0 heterocycles. The highest BCUT2D eigenvalue weighted by Crippen LogP contribution is 2.54. The van der Waals surface area contributed by atoms with E-state index in [2.05, 4.69) is 31.2 Å². The Kier molecular flexibility index (Phi) is 1.79. The Bertz CT molecular complexity index is 421. The van der Waals surface area contributed by atoms with Crippen molar-refractivity contribution >= 4 is 5.78 Å². The second-order valence-corrected chi connectivity index (χ2v) is 5.04. The van der Waals surface area contributed by atoms with Crippen LogP contribution >= 0.6 is 0 Å². The summed E-state index contributed by atoms with van der Waals surface area (Å²) < 4.78 is 0. The number of hydrogen-bond acceptors (Lipinski definition) is 1. The van der Waals surface area contributed by atoms with Gasteiger partial charge < -0.3 is 0 Å². The van der Waals surface area contributed by atoms with Gasteiger partial charge in [-0.15, -0.1) is 0 Å². The normalized spacial score (nSPS) is 32.9. The van der Waals surface area contributed by atoms with E-state index in [1.807, 2.05) is 0 Å². The average molecular weight is 200 g/mol. The van der Waals surface area contributed by atoms with E-state index in [1.54, 1.807) is 0 Å². The minimum atomic E-state index is 0.191. The van der Waals surface area contributed by atoms with Crippen LogP contribution in [0.1, 0.15) is 49.7 Å². The molecule has 0 saturated heterocycles. The first-order chi connectivity index (χ1) is 7.25. The second kappa shape index (κ2) is 2.94. The van der Waals surface area contributed by atoms with Crippen molar-refractivity contribution in [3.8, 4) is 0 Å². The highest BCUT2D eigenvalue weighted by Gasteiger charge is 2.47. The van der Waals surface area contributed by atoms with Gasteiger partial charge in [0.25, 0.3) is 0 Å². The van der Waals surface area contributed by atoms with E-state index in [4.69, 9.17) is 0 Å². The predicted octanol–water partition coefficient (Wildman–Crippen LogP) is 3.18. The molecule has 2 aliphatic rings. The summed E-state index contributed by atoms with van der Waals surface area (Å²) >= 11 is 0. The zero-order chi connectivity index (χ0) is 10.5. The third-order valence-corrected chi connectivity index (χ3v) is 4.30. The molecule has 0 spiro atoms. The smallest absolute Gasteiger partial charge is 0.134 e. The Morgan fingerprint density at radius 2 is 2.20 bits per heavy atom. The van der Waals surface area contributed by atoms with Crippen molar-refractivity contribution in [3.05, 3.63) is 35.4 Å². The van der Waals surface area contributed by atoms with Gasteiger partial charge in [-0.05, 0) is 29.9 Å². The molecule has 2 atom stereocenters. The summed E-state index contributed by atoms with van der Waals surface area (Å²) in [5.74, 6) is 0.978. The standard InChI is InChI=1S/C14H16O/c1-2-14-8-10(7-11(15)9-14)12-5-3-4-6-13(12)14/h3-6,10H,2,7-9H2,1H3/t10-,14-/m0/s1. The van der Waals surface area contributed by atoms with Gasteiger partial charge in [-0.25, -0.2) is 0 Å². The van der Waals surface area contributed by atoms with E-state index in [9.17, 15) is 4.79 Å². The molecule has 3 rings (SSSR count). The minimum absolute atomic E-state index is 0.191. The van der Waals surface area contributed by atoms with Crippen LogP contribution in [0, 0.1) is 0 Å². The third kappa shape index (κ3) is 1.12. The highest BCUT2D eigenvalue weighted by molar-refractivity contribution is 5.83. The Morgan fingerprint density at radius 3 is 3.00 bits per heavy atom. The van der Waals surface area contributed by atoms with Crippen molar-refractivity contribution in [2.75, 3.05) is 0 Å². The predicted molar refractivity (Wildman–Crippen MR) is 60.0 cm³/mol. The number of carbonyl (C=O) groups is 1. The number of hydrogen-bond donors (Lipinski definition) is 0. The van der Waals surface area contributed by atoms with E-state index in [0.29, 0.717) is 11.7 Å². The molecular weight excluding hydrogens is 184 g/mol. The fourth-order valence-corrected chi connectivity index (χ4v) is 3.56. The van der Waals surface area contributed by atoms with Crippen LogP contribution < -0.4 is 0 Å². The molecule has 1 heteroatoms. The Hall–Kier alpha value is -1.11. The van der Waals surface area contributed by atoms with Gasteiger partial charge in [0.05, 0.1) is 0 Å². The lowest BCUT2D eigenvalue weighted by Crippen LogP contribution is -2.29. The third-order valence-electron chi connectivity index (χ3n) is 4.30. The van der Waals surface area contributed by atoms with E-state index >= 15 is 0 Å². The molecule has 1 aromatic rings. The number of fused-ring (bicyclic) bond motifs is 5. The van der Waals surface area contributed by atoms with Crippen LogP contribution in [-0.2, 0) is 10.2 Å². The van der Waals surface area contributed by atoms with Crippen molar-refractivity contribution in [1.29, 1.82) is 0 Å². The van der Waals surface area contributed by atoms with Crippen LogP contribution in [0.3, 0.4) is 0 Å². The molecule has 0 aromatic heterocycles. The lowest BCUT2D eigenvalue weighted by atomic mass is 9.71. The number of benzene rings is 1. The maximum atomic E-state index is 11.8. The maximum Gasteiger partial charge on any atom is 0.134 e. The molecule has 1 aromatic carbocycles. The summed E-state index contributed by atoms with van der Waals surface area (Å²) in [6.07, 6.45) is 3.86. The summed E-state index contributed by atoms with van der Waals surface area (Å²) in [5, 5.41) is 0. The molecular formula is C14H16O. The summed E-state index contributed by atoms with van der Waals surface area (Å²) in [6.45, 7) is 2.22. The monoisotopic (exact) mass is 200 g/mol. The van der Waals surface area contributed by atoms with Crippen molar-refractivity contribution in [1.82, 2.24) is 0 Å². The van der Waals surface area contributed by atoms with E-state index < -0.39 is 0 Å². The van der Waals surface area contributed by atoms with Crippen molar-refractivity contribution in [3.63, 3.8) is 0 Å². The van der Waals surface area contributed by atoms with Gasteiger partial charge in [-0.1, -0.05) is 31.2 Å². The van der Waals surface area contributed by atoms with Crippen LogP contribution in [0.25, 0.3) is 0 Å². The SMILES string of the molecule is CC[C@@]12CC(=O)C[C@@H](C1)c1ccccc12. The molecule has 0 amide bonds.